The smallest absolute Gasteiger partial charge is 0.236 e. The number of fused-ring (bicyclic) bond motifs is 1. The van der Waals surface area contributed by atoms with Crippen molar-refractivity contribution in [1.82, 2.24) is 15.1 Å². The SMILES string of the molecule is CN(C)C(=O)CN1C[C@H]2CCCN[C@H]2C1. The average molecular weight is 211 g/mol. The van der Waals surface area contributed by atoms with Gasteiger partial charge in [-0.15, -0.1) is 0 Å². The molecule has 2 aliphatic heterocycles. The number of nitrogens with one attached hydrogen (secondary N) is 1. The van der Waals surface area contributed by atoms with Crippen molar-refractivity contribution >= 4 is 5.91 Å². The van der Waals surface area contributed by atoms with E-state index < -0.39 is 0 Å². The van der Waals surface area contributed by atoms with E-state index in [1.807, 2.05) is 14.1 Å². The van der Waals surface area contributed by atoms with Gasteiger partial charge in [0.25, 0.3) is 0 Å². The number of piperidine rings is 1. The van der Waals surface area contributed by atoms with E-state index in [9.17, 15) is 4.79 Å². The molecular weight excluding hydrogens is 190 g/mol. The summed E-state index contributed by atoms with van der Waals surface area (Å²) in [6.07, 6.45) is 2.61. The van der Waals surface area contributed by atoms with Gasteiger partial charge in [-0.25, -0.2) is 0 Å². The highest BCUT2D eigenvalue weighted by Crippen LogP contribution is 2.24. The first-order chi connectivity index (χ1) is 7.16. The first kappa shape index (κ1) is 10.9. The molecule has 0 unspecified atom stereocenters. The molecular formula is C11H21N3O. The normalized spacial score (nSPS) is 31.3. The van der Waals surface area contributed by atoms with Gasteiger partial charge in [0.2, 0.25) is 5.91 Å². The molecule has 1 N–H and O–H groups in total. The Morgan fingerprint density at radius 1 is 1.47 bits per heavy atom. The van der Waals surface area contributed by atoms with Gasteiger partial charge in [0, 0.05) is 33.2 Å². The molecule has 2 rings (SSSR count). The van der Waals surface area contributed by atoms with Crippen molar-refractivity contribution < 1.29 is 4.79 Å². The van der Waals surface area contributed by atoms with Crippen LogP contribution < -0.4 is 5.32 Å². The third-order valence-corrected chi connectivity index (χ3v) is 3.53. The number of carbonyl (C=O) groups excluding carboxylic acids is 1. The third-order valence-electron chi connectivity index (χ3n) is 3.53. The molecule has 0 aromatic rings. The molecule has 4 heteroatoms. The quantitative estimate of drug-likeness (QED) is 0.684. The van der Waals surface area contributed by atoms with Crippen molar-refractivity contribution in [1.29, 1.82) is 0 Å². The van der Waals surface area contributed by atoms with Crippen LogP contribution in [-0.4, -0.2) is 62.0 Å². The summed E-state index contributed by atoms with van der Waals surface area (Å²) in [5.41, 5.74) is 0. The topological polar surface area (TPSA) is 35.6 Å². The van der Waals surface area contributed by atoms with Crippen molar-refractivity contribution in [2.45, 2.75) is 18.9 Å². The maximum absolute atomic E-state index is 11.6. The highest BCUT2D eigenvalue weighted by molar-refractivity contribution is 5.77. The lowest BCUT2D eigenvalue weighted by molar-refractivity contribution is -0.129. The Morgan fingerprint density at radius 2 is 2.27 bits per heavy atom. The zero-order chi connectivity index (χ0) is 10.8. The van der Waals surface area contributed by atoms with Crippen LogP contribution in [0.15, 0.2) is 0 Å². The molecule has 15 heavy (non-hydrogen) atoms. The molecule has 2 aliphatic rings. The predicted octanol–water partition coefficient (Wildman–Crippen LogP) is -0.242. The fourth-order valence-corrected chi connectivity index (χ4v) is 2.60. The van der Waals surface area contributed by atoms with Crippen molar-refractivity contribution in [2.24, 2.45) is 5.92 Å². The van der Waals surface area contributed by atoms with Crippen LogP contribution in [0.2, 0.25) is 0 Å². The van der Waals surface area contributed by atoms with E-state index in [1.165, 1.54) is 12.8 Å². The maximum atomic E-state index is 11.6. The molecule has 4 nitrogen and oxygen atoms in total. The van der Waals surface area contributed by atoms with Crippen LogP contribution in [0.1, 0.15) is 12.8 Å². The molecule has 2 atom stereocenters. The summed E-state index contributed by atoms with van der Waals surface area (Å²) < 4.78 is 0. The predicted molar refractivity (Wildman–Crippen MR) is 59.6 cm³/mol. The molecule has 2 heterocycles. The molecule has 0 spiro atoms. The van der Waals surface area contributed by atoms with Crippen molar-refractivity contribution in [3.05, 3.63) is 0 Å². The van der Waals surface area contributed by atoms with Crippen molar-refractivity contribution in [3.8, 4) is 0 Å². The lowest BCUT2D eigenvalue weighted by atomic mass is 9.94. The Morgan fingerprint density at radius 3 is 2.93 bits per heavy atom. The van der Waals surface area contributed by atoms with E-state index in [0.717, 1.165) is 25.6 Å². The van der Waals surface area contributed by atoms with E-state index in [4.69, 9.17) is 0 Å². The number of likely N-dealkylation sites (tertiary alicyclic amines) is 1. The van der Waals surface area contributed by atoms with E-state index in [0.29, 0.717) is 12.6 Å². The molecule has 86 valence electrons. The average Bonchev–Trinajstić information content (AvgIpc) is 2.59. The Bertz CT molecular complexity index is 228. The molecule has 0 aromatic heterocycles. The van der Waals surface area contributed by atoms with Gasteiger partial charge in [0.05, 0.1) is 6.54 Å². The van der Waals surface area contributed by atoms with E-state index in [2.05, 4.69) is 10.2 Å². The van der Waals surface area contributed by atoms with Crippen LogP contribution in [0.3, 0.4) is 0 Å². The molecule has 2 fully saturated rings. The number of likely N-dealkylation sites (N-methyl/N-ethyl adjacent to an activating group) is 1. The lowest BCUT2D eigenvalue weighted by Crippen LogP contribution is -2.41. The van der Waals surface area contributed by atoms with E-state index >= 15 is 0 Å². The number of carbonyl (C=O) groups is 1. The highest BCUT2D eigenvalue weighted by Gasteiger charge is 2.34. The molecule has 2 saturated heterocycles. The number of hydrogen-bond acceptors (Lipinski definition) is 3. The molecule has 0 bridgehead atoms. The second-order valence-electron chi connectivity index (χ2n) is 4.95. The first-order valence-corrected chi connectivity index (χ1v) is 5.82. The van der Waals surface area contributed by atoms with E-state index in [-0.39, 0.29) is 5.91 Å². The minimum absolute atomic E-state index is 0.216. The minimum atomic E-state index is 0.216. The van der Waals surface area contributed by atoms with Crippen LogP contribution in [-0.2, 0) is 4.79 Å². The fourth-order valence-electron chi connectivity index (χ4n) is 2.60. The van der Waals surface area contributed by atoms with Crippen LogP contribution in [0, 0.1) is 5.92 Å². The summed E-state index contributed by atoms with van der Waals surface area (Å²) in [5, 5.41) is 3.55. The molecule has 0 aliphatic carbocycles. The van der Waals surface area contributed by atoms with Gasteiger partial charge in [-0.1, -0.05) is 0 Å². The van der Waals surface area contributed by atoms with Gasteiger partial charge >= 0.3 is 0 Å². The molecule has 0 radical (unpaired) electrons. The summed E-state index contributed by atoms with van der Waals surface area (Å²) >= 11 is 0. The highest BCUT2D eigenvalue weighted by atomic mass is 16.2. The first-order valence-electron chi connectivity index (χ1n) is 5.82. The van der Waals surface area contributed by atoms with Gasteiger partial charge in [-0.2, -0.15) is 0 Å². The zero-order valence-corrected chi connectivity index (χ0v) is 9.70. The second-order valence-corrected chi connectivity index (χ2v) is 4.95. The Hall–Kier alpha value is -0.610. The summed E-state index contributed by atoms with van der Waals surface area (Å²) in [7, 11) is 3.65. The van der Waals surface area contributed by atoms with Crippen molar-refractivity contribution in [2.75, 3.05) is 40.3 Å². The fraction of sp³-hybridized carbons (Fsp3) is 0.909. The van der Waals surface area contributed by atoms with Crippen LogP contribution in [0.5, 0.6) is 0 Å². The third kappa shape index (κ3) is 2.49. The number of nitrogens with zero attached hydrogens (tertiary/aromatic N) is 2. The van der Waals surface area contributed by atoms with E-state index in [1.54, 1.807) is 4.90 Å². The Kier molecular flexibility index (Phi) is 3.26. The number of rotatable bonds is 2. The summed E-state index contributed by atoms with van der Waals surface area (Å²) in [5.74, 6) is 0.988. The van der Waals surface area contributed by atoms with Gasteiger partial charge in [0.15, 0.2) is 0 Å². The van der Waals surface area contributed by atoms with Gasteiger partial charge in [-0.3, -0.25) is 9.69 Å². The maximum Gasteiger partial charge on any atom is 0.236 e. The summed E-state index contributed by atoms with van der Waals surface area (Å²) in [4.78, 5) is 15.5. The van der Waals surface area contributed by atoms with Gasteiger partial charge in [-0.05, 0) is 25.3 Å². The zero-order valence-electron chi connectivity index (χ0n) is 9.70. The second kappa shape index (κ2) is 4.49. The van der Waals surface area contributed by atoms with Crippen LogP contribution >= 0.6 is 0 Å². The Balaban J connectivity index is 1.84. The lowest BCUT2D eigenvalue weighted by Gasteiger charge is -2.24. The van der Waals surface area contributed by atoms with Crippen molar-refractivity contribution in [3.63, 3.8) is 0 Å². The van der Waals surface area contributed by atoms with Gasteiger partial charge < -0.3 is 10.2 Å². The van der Waals surface area contributed by atoms with Crippen LogP contribution in [0.25, 0.3) is 0 Å². The van der Waals surface area contributed by atoms with Crippen LogP contribution in [0.4, 0.5) is 0 Å². The number of amides is 1. The van der Waals surface area contributed by atoms with Gasteiger partial charge in [0.1, 0.15) is 0 Å². The largest absolute Gasteiger partial charge is 0.348 e. The number of hydrogen-bond donors (Lipinski definition) is 1. The summed E-state index contributed by atoms with van der Waals surface area (Å²) in [6.45, 7) is 3.87. The summed E-state index contributed by atoms with van der Waals surface area (Å²) in [6, 6.07) is 0.633. The standard InChI is InChI=1S/C11H21N3O/c1-13(2)11(15)8-14-6-9-4-3-5-12-10(9)7-14/h9-10,12H,3-8H2,1-2H3/t9-,10+/m1/s1. The Labute approximate surface area is 91.6 Å². The molecule has 0 aromatic carbocycles. The molecule has 1 amide bonds. The minimum Gasteiger partial charge on any atom is -0.348 e. The monoisotopic (exact) mass is 211 g/mol. The molecule has 0 saturated carbocycles.